The number of anilines is 1. The van der Waals surface area contributed by atoms with Crippen LogP contribution in [0.2, 0.25) is 0 Å². The summed E-state index contributed by atoms with van der Waals surface area (Å²) < 4.78 is 0. The van der Waals surface area contributed by atoms with Gasteiger partial charge < -0.3 is 5.32 Å². The zero-order chi connectivity index (χ0) is 10.1. The van der Waals surface area contributed by atoms with Gasteiger partial charge in [-0.1, -0.05) is 11.3 Å². The molecule has 0 aliphatic rings. The van der Waals surface area contributed by atoms with Gasteiger partial charge in [0.2, 0.25) is 5.91 Å². The first-order valence-electron chi connectivity index (χ1n) is 4.17. The first-order valence-corrected chi connectivity index (χ1v) is 4.98. The number of hydrogen-bond donors (Lipinski definition) is 1. The van der Waals surface area contributed by atoms with E-state index in [4.69, 9.17) is 0 Å². The molecule has 1 N–H and O–H groups in total. The number of nitrogens with zero attached hydrogens (tertiary/aromatic N) is 2. The summed E-state index contributed by atoms with van der Waals surface area (Å²) in [6, 6.07) is 3.80. The van der Waals surface area contributed by atoms with Gasteiger partial charge in [0.05, 0.1) is 0 Å². The molecule has 0 aliphatic heterocycles. The average molecular weight is 207 g/mol. The molecule has 0 radical (unpaired) electrons. The Hall–Kier alpha value is -1.49. The molecule has 0 atom stereocenters. The number of hydrogen-bond acceptors (Lipinski definition) is 4. The molecular weight excluding hydrogens is 198 g/mol. The highest BCUT2D eigenvalue weighted by atomic mass is 32.1. The van der Waals surface area contributed by atoms with Gasteiger partial charge in [-0.2, -0.15) is 0 Å². The predicted molar refractivity (Wildman–Crippen MR) is 56.5 cm³/mol. The smallest absolute Gasteiger partial charge is 0.223 e. The number of thiazole rings is 1. The molecule has 0 bridgehead atoms. The van der Waals surface area contributed by atoms with Crippen LogP contribution in [0.15, 0.2) is 12.1 Å². The Kier molecular flexibility index (Phi) is 2.17. The maximum absolute atomic E-state index is 10.8. The highest BCUT2D eigenvalue weighted by Crippen LogP contribution is 2.23. The fourth-order valence-corrected chi connectivity index (χ4v) is 2.04. The highest BCUT2D eigenvalue weighted by Gasteiger charge is 2.05. The van der Waals surface area contributed by atoms with Crippen molar-refractivity contribution in [1.82, 2.24) is 9.97 Å². The Balaban J connectivity index is 2.46. The average Bonchev–Trinajstić information content (AvgIpc) is 2.44. The van der Waals surface area contributed by atoms with Crippen molar-refractivity contribution < 1.29 is 4.79 Å². The second-order valence-electron chi connectivity index (χ2n) is 2.98. The van der Waals surface area contributed by atoms with Crippen LogP contribution < -0.4 is 5.32 Å². The van der Waals surface area contributed by atoms with Crippen LogP contribution in [-0.4, -0.2) is 15.9 Å². The molecule has 0 aliphatic carbocycles. The Bertz CT molecular complexity index is 492. The van der Waals surface area contributed by atoms with Gasteiger partial charge in [0, 0.05) is 12.6 Å². The fourth-order valence-electron chi connectivity index (χ4n) is 1.11. The maximum Gasteiger partial charge on any atom is 0.223 e. The van der Waals surface area contributed by atoms with Gasteiger partial charge in [0.25, 0.3) is 0 Å². The van der Waals surface area contributed by atoms with Crippen molar-refractivity contribution in [2.75, 3.05) is 5.32 Å². The largest absolute Gasteiger partial charge is 0.302 e. The molecule has 0 spiro atoms. The molecule has 0 unspecified atom stereocenters. The minimum absolute atomic E-state index is 0.110. The minimum Gasteiger partial charge on any atom is -0.302 e. The van der Waals surface area contributed by atoms with Crippen LogP contribution in [-0.2, 0) is 4.79 Å². The Morgan fingerprint density at radius 2 is 2.21 bits per heavy atom. The van der Waals surface area contributed by atoms with Gasteiger partial charge in [-0.15, -0.1) is 0 Å². The number of aromatic nitrogens is 2. The maximum atomic E-state index is 10.8. The summed E-state index contributed by atoms with van der Waals surface area (Å²) in [4.78, 5) is 20.2. The van der Waals surface area contributed by atoms with Crippen LogP contribution in [0.25, 0.3) is 10.3 Å². The van der Waals surface area contributed by atoms with E-state index in [-0.39, 0.29) is 5.91 Å². The van der Waals surface area contributed by atoms with Crippen molar-refractivity contribution in [3.05, 3.63) is 17.8 Å². The Morgan fingerprint density at radius 3 is 2.93 bits per heavy atom. The number of rotatable bonds is 1. The third-order valence-corrected chi connectivity index (χ3v) is 2.56. The van der Waals surface area contributed by atoms with Gasteiger partial charge in [0.15, 0.2) is 5.13 Å². The molecule has 0 saturated carbocycles. The Labute approximate surface area is 85.0 Å². The topological polar surface area (TPSA) is 54.9 Å². The molecule has 0 aromatic carbocycles. The number of aryl methyl sites for hydroxylation is 1. The summed E-state index contributed by atoms with van der Waals surface area (Å²) in [6.07, 6.45) is 0. The number of pyridine rings is 1. The second-order valence-corrected chi connectivity index (χ2v) is 3.95. The van der Waals surface area contributed by atoms with Crippen LogP contribution in [0.5, 0.6) is 0 Å². The lowest BCUT2D eigenvalue weighted by atomic mass is 10.4. The van der Waals surface area contributed by atoms with Crippen molar-refractivity contribution in [3.63, 3.8) is 0 Å². The third kappa shape index (κ3) is 1.72. The first kappa shape index (κ1) is 9.08. The lowest BCUT2D eigenvalue weighted by Crippen LogP contribution is -2.04. The van der Waals surface area contributed by atoms with Gasteiger partial charge >= 0.3 is 0 Å². The van der Waals surface area contributed by atoms with E-state index in [9.17, 15) is 4.79 Å². The SMILES string of the molecule is CC(=O)Nc1nc2ccc(C)nc2s1. The molecule has 72 valence electrons. The zero-order valence-electron chi connectivity index (χ0n) is 7.87. The van der Waals surface area contributed by atoms with Gasteiger partial charge in [-0.25, -0.2) is 9.97 Å². The van der Waals surface area contributed by atoms with Crippen LogP contribution in [0.1, 0.15) is 12.6 Å². The standard InChI is InChI=1S/C9H9N3OS/c1-5-3-4-7-8(10-5)14-9(12-7)11-6(2)13/h3-4H,1-2H3,(H,11,12,13). The molecule has 2 heterocycles. The molecule has 5 heteroatoms. The quantitative estimate of drug-likeness (QED) is 0.777. The Morgan fingerprint density at radius 1 is 1.43 bits per heavy atom. The van der Waals surface area contributed by atoms with E-state index in [2.05, 4.69) is 15.3 Å². The number of amides is 1. The van der Waals surface area contributed by atoms with Crippen molar-refractivity contribution in [3.8, 4) is 0 Å². The normalized spacial score (nSPS) is 10.4. The van der Waals surface area contributed by atoms with E-state index < -0.39 is 0 Å². The van der Waals surface area contributed by atoms with Crippen molar-refractivity contribution in [2.24, 2.45) is 0 Å². The third-order valence-electron chi connectivity index (χ3n) is 1.68. The fraction of sp³-hybridized carbons (Fsp3) is 0.222. The molecule has 2 rings (SSSR count). The monoisotopic (exact) mass is 207 g/mol. The summed E-state index contributed by atoms with van der Waals surface area (Å²) in [5.74, 6) is -0.110. The van der Waals surface area contributed by atoms with E-state index in [1.807, 2.05) is 19.1 Å². The molecule has 4 nitrogen and oxygen atoms in total. The molecule has 0 saturated heterocycles. The van der Waals surface area contributed by atoms with Crippen molar-refractivity contribution in [1.29, 1.82) is 0 Å². The van der Waals surface area contributed by atoms with Gasteiger partial charge in [-0.3, -0.25) is 4.79 Å². The molecule has 14 heavy (non-hydrogen) atoms. The summed E-state index contributed by atoms with van der Waals surface area (Å²) in [5.41, 5.74) is 1.78. The van der Waals surface area contributed by atoms with Crippen molar-refractivity contribution >= 4 is 32.7 Å². The minimum atomic E-state index is -0.110. The van der Waals surface area contributed by atoms with E-state index in [1.165, 1.54) is 18.3 Å². The summed E-state index contributed by atoms with van der Waals surface area (Å²) >= 11 is 1.39. The summed E-state index contributed by atoms with van der Waals surface area (Å²) in [6.45, 7) is 3.39. The first-order chi connectivity index (χ1) is 6.65. The van der Waals surface area contributed by atoms with E-state index in [0.29, 0.717) is 5.13 Å². The molecule has 2 aromatic rings. The zero-order valence-corrected chi connectivity index (χ0v) is 8.68. The predicted octanol–water partition coefficient (Wildman–Crippen LogP) is 1.96. The molecule has 0 fully saturated rings. The number of carbonyl (C=O) groups is 1. The van der Waals surface area contributed by atoms with Crippen LogP contribution in [0.3, 0.4) is 0 Å². The molecule has 2 aromatic heterocycles. The lowest BCUT2D eigenvalue weighted by Gasteiger charge is -1.91. The van der Waals surface area contributed by atoms with E-state index in [1.54, 1.807) is 0 Å². The number of nitrogens with one attached hydrogen (secondary N) is 1. The molecule has 1 amide bonds. The van der Waals surface area contributed by atoms with Crippen LogP contribution >= 0.6 is 11.3 Å². The van der Waals surface area contributed by atoms with E-state index in [0.717, 1.165) is 16.0 Å². The number of fused-ring (bicyclic) bond motifs is 1. The van der Waals surface area contributed by atoms with Gasteiger partial charge in [0.1, 0.15) is 10.3 Å². The molecular formula is C9H9N3OS. The highest BCUT2D eigenvalue weighted by molar-refractivity contribution is 7.21. The van der Waals surface area contributed by atoms with Crippen LogP contribution in [0.4, 0.5) is 5.13 Å². The van der Waals surface area contributed by atoms with Gasteiger partial charge in [-0.05, 0) is 19.1 Å². The van der Waals surface area contributed by atoms with Crippen LogP contribution in [0, 0.1) is 6.92 Å². The van der Waals surface area contributed by atoms with Crippen molar-refractivity contribution in [2.45, 2.75) is 13.8 Å². The summed E-state index contributed by atoms with van der Waals surface area (Å²) in [5, 5.41) is 3.24. The lowest BCUT2D eigenvalue weighted by molar-refractivity contribution is -0.114. The summed E-state index contributed by atoms with van der Waals surface area (Å²) in [7, 11) is 0. The second kappa shape index (κ2) is 3.34. The van der Waals surface area contributed by atoms with E-state index >= 15 is 0 Å². The number of carbonyl (C=O) groups excluding carboxylic acids is 1.